The third-order valence-electron chi connectivity index (χ3n) is 2.55. The largest absolute Gasteiger partial charge is 0.461 e. The van der Waals surface area contributed by atoms with E-state index in [0.717, 1.165) is 16.7 Å². The highest BCUT2D eigenvalue weighted by Crippen LogP contribution is 2.20. The van der Waals surface area contributed by atoms with Gasteiger partial charge in [0.05, 0.1) is 5.75 Å². The standard InChI is InChI=1S/C12H14O4S/c13-17(14,15)8-4-3-6-11-9-10-5-1-2-7-12(10)16-11/h1-2,5,7,9H,3-4,6,8H2,(H,13,14,15). The first-order valence-corrected chi connectivity index (χ1v) is 7.08. The van der Waals surface area contributed by atoms with Gasteiger partial charge in [-0.2, -0.15) is 8.42 Å². The quantitative estimate of drug-likeness (QED) is 0.658. The number of unbranched alkanes of at least 4 members (excludes halogenated alkanes) is 1. The van der Waals surface area contributed by atoms with Crippen molar-refractivity contribution in [3.8, 4) is 0 Å². The number of hydrogen-bond donors (Lipinski definition) is 1. The van der Waals surface area contributed by atoms with Crippen LogP contribution in [0.25, 0.3) is 11.0 Å². The van der Waals surface area contributed by atoms with E-state index in [0.29, 0.717) is 19.3 Å². The van der Waals surface area contributed by atoms with Gasteiger partial charge in [0.1, 0.15) is 11.3 Å². The van der Waals surface area contributed by atoms with Gasteiger partial charge in [-0.1, -0.05) is 18.2 Å². The molecular formula is C12H14O4S. The zero-order chi connectivity index (χ0) is 12.3. The Labute approximate surface area is 100.0 Å². The maximum absolute atomic E-state index is 10.5. The predicted octanol–water partition coefficient (Wildman–Crippen LogP) is 2.64. The number of hydrogen-bond acceptors (Lipinski definition) is 3. The smallest absolute Gasteiger partial charge is 0.264 e. The van der Waals surface area contributed by atoms with Gasteiger partial charge < -0.3 is 4.42 Å². The Morgan fingerprint density at radius 2 is 1.94 bits per heavy atom. The van der Waals surface area contributed by atoms with E-state index in [1.807, 2.05) is 30.3 Å². The molecule has 0 spiro atoms. The second-order valence-electron chi connectivity index (χ2n) is 3.99. The van der Waals surface area contributed by atoms with Crippen LogP contribution in [0, 0.1) is 0 Å². The van der Waals surface area contributed by atoms with E-state index in [-0.39, 0.29) is 5.75 Å². The molecule has 92 valence electrons. The van der Waals surface area contributed by atoms with Crippen molar-refractivity contribution < 1.29 is 17.4 Å². The summed E-state index contributed by atoms with van der Waals surface area (Å²) >= 11 is 0. The molecule has 5 heteroatoms. The van der Waals surface area contributed by atoms with Gasteiger partial charge in [0.15, 0.2) is 0 Å². The highest BCUT2D eigenvalue weighted by molar-refractivity contribution is 7.85. The number of furan rings is 1. The van der Waals surface area contributed by atoms with Gasteiger partial charge in [-0.05, 0) is 25.0 Å². The van der Waals surface area contributed by atoms with Gasteiger partial charge in [-0.25, -0.2) is 0 Å². The van der Waals surface area contributed by atoms with Crippen LogP contribution < -0.4 is 0 Å². The third-order valence-corrected chi connectivity index (χ3v) is 3.36. The first-order chi connectivity index (χ1) is 8.04. The molecule has 0 radical (unpaired) electrons. The summed E-state index contributed by atoms with van der Waals surface area (Å²) in [7, 11) is -3.83. The first kappa shape index (κ1) is 12.1. The minimum Gasteiger partial charge on any atom is -0.461 e. The van der Waals surface area contributed by atoms with E-state index in [1.54, 1.807) is 0 Å². The van der Waals surface area contributed by atoms with Crippen LogP contribution in [-0.4, -0.2) is 18.7 Å². The Bertz CT molecular complexity index is 565. The average molecular weight is 254 g/mol. The minimum absolute atomic E-state index is 0.187. The van der Waals surface area contributed by atoms with E-state index < -0.39 is 10.1 Å². The lowest BCUT2D eigenvalue weighted by Crippen LogP contribution is -2.03. The van der Waals surface area contributed by atoms with Crippen molar-refractivity contribution in [1.82, 2.24) is 0 Å². The fourth-order valence-electron chi connectivity index (χ4n) is 1.74. The molecule has 1 N–H and O–H groups in total. The van der Waals surface area contributed by atoms with Crippen molar-refractivity contribution in [1.29, 1.82) is 0 Å². The van der Waals surface area contributed by atoms with Crippen LogP contribution in [0.15, 0.2) is 34.7 Å². The Morgan fingerprint density at radius 1 is 1.18 bits per heavy atom. The third kappa shape index (κ3) is 3.57. The summed E-state index contributed by atoms with van der Waals surface area (Å²) in [5, 5.41) is 1.05. The summed E-state index contributed by atoms with van der Waals surface area (Å²) in [5.74, 6) is 0.661. The van der Waals surface area contributed by atoms with Gasteiger partial charge in [-0.15, -0.1) is 0 Å². The molecule has 0 aliphatic heterocycles. The van der Waals surface area contributed by atoms with E-state index >= 15 is 0 Å². The lowest BCUT2D eigenvalue weighted by molar-refractivity contribution is 0.478. The van der Waals surface area contributed by atoms with E-state index in [1.165, 1.54) is 0 Å². The zero-order valence-electron chi connectivity index (χ0n) is 9.30. The first-order valence-electron chi connectivity index (χ1n) is 5.47. The van der Waals surface area contributed by atoms with Crippen molar-refractivity contribution in [3.63, 3.8) is 0 Å². The van der Waals surface area contributed by atoms with Gasteiger partial charge in [-0.3, -0.25) is 4.55 Å². The van der Waals surface area contributed by atoms with E-state index in [9.17, 15) is 8.42 Å². The van der Waals surface area contributed by atoms with Crippen LogP contribution in [0.3, 0.4) is 0 Å². The summed E-state index contributed by atoms with van der Waals surface area (Å²) in [6, 6.07) is 9.69. The monoisotopic (exact) mass is 254 g/mol. The molecule has 4 nitrogen and oxygen atoms in total. The molecule has 0 aliphatic carbocycles. The van der Waals surface area contributed by atoms with Crippen LogP contribution in [0.1, 0.15) is 18.6 Å². The highest BCUT2D eigenvalue weighted by Gasteiger charge is 2.06. The van der Waals surface area contributed by atoms with E-state index in [2.05, 4.69) is 0 Å². The molecule has 2 aromatic rings. The summed E-state index contributed by atoms with van der Waals surface area (Å²) in [5.41, 5.74) is 0.845. The van der Waals surface area contributed by atoms with Crippen molar-refractivity contribution in [2.75, 3.05) is 5.75 Å². The number of aryl methyl sites for hydroxylation is 1. The highest BCUT2D eigenvalue weighted by atomic mass is 32.2. The Morgan fingerprint density at radius 3 is 2.65 bits per heavy atom. The van der Waals surface area contributed by atoms with Crippen molar-refractivity contribution in [2.45, 2.75) is 19.3 Å². The maximum Gasteiger partial charge on any atom is 0.264 e. The lowest BCUT2D eigenvalue weighted by atomic mass is 10.2. The van der Waals surface area contributed by atoms with Crippen molar-refractivity contribution in [2.24, 2.45) is 0 Å². The predicted molar refractivity (Wildman–Crippen MR) is 65.6 cm³/mol. The molecule has 0 saturated carbocycles. The lowest BCUT2D eigenvalue weighted by Gasteiger charge is -1.96. The topological polar surface area (TPSA) is 67.5 Å². The van der Waals surface area contributed by atoms with Gasteiger partial charge in [0.25, 0.3) is 10.1 Å². The summed E-state index contributed by atoms with van der Waals surface area (Å²) < 4.78 is 35.2. The molecule has 0 saturated heterocycles. The molecule has 2 rings (SSSR count). The van der Waals surface area contributed by atoms with Crippen molar-refractivity contribution >= 4 is 21.1 Å². The van der Waals surface area contributed by atoms with Crippen LogP contribution in [0.5, 0.6) is 0 Å². The number of fused-ring (bicyclic) bond motifs is 1. The molecule has 1 aromatic carbocycles. The summed E-state index contributed by atoms with van der Waals surface area (Å²) in [6.45, 7) is 0. The molecule has 0 atom stereocenters. The van der Waals surface area contributed by atoms with Gasteiger partial charge in [0, 0.05) is 11.8 Å². The second kappa shape index (κ2) is 4.89. The van der Waals surface area contributed by atoms with E-state index in [4.69, 9.17) is 8.97 Å². The van der Waals surface area contributed by atoms with Crippen LogP contribution >= 0.6 is 0 Å². The minimum atomic E-state index is -3.83. The molecule has 17 heavy (non-hydrogen) atoms. The van der Waals surface area contributed by atoms with Crippen molar-refractivity contribution in [3.05, 3.63) is 36.1 Å². The summed E-state index contributed by atoms with van der Waals surface area (Å²) in [4.78, 5) is 0. The molecule has 0 unspecified atom stereocenters. The molecule has 0 bridgehead atoms. The summed E-state index contributed by atoms with van der Waals surface area (Å²) in [6.07, 6.45) is 1.81. The number of rotatable bonds is 5. The SMILES string of the molecule is O=S(=O)(O)CCCCc1cc2ccccc2o1. The Kier molecular flexibility index (Phi) is 3.49. The Hall–Kier alpha value is -1.33. The molecule has 1 aromatic heterocycles. The maximum atomic E-state index is 10.5. The molecular weight excluding hydrogens is 240 g/mol. The fraction of sp³-hybridized carbons (Fsp3) is 0.333. The molecule has 0 amide bonds. The second-order valence-corrected chi connectivity index (χ2v) is 5.57. The van der Waals surface area contributed by atoms with Crippen LogP contribution in [0.4, 0.5) is 0 Å². The molecule has 0 aliphatic rings. The number of para-hydroxylation sites is 1. The molecule has 0 fully saturated rings. The average Bonchev–Trinajstić information content (AvgIpc) is 2.65. The number of benzene rings is 1. The van der Waals surface area contributed by atoms with Crippen LogP contribution in [-0.2, 0) is 16.5 Å². The van der Waals surface area contributed by atoms with Gasteiger partial charge >= 0.3 is 0 Å². The fourth-order valence-corrected chi connectivity index (χ4v) is 2.31. The zero-order valence-corrected chi connectivity index (χ0v) is 10.1. The normalized spacial score (nSPS) is 12.1. The van der Waals surface area contributed by atoms with Crippen LogP contribution in [0.2, 0.25) is 0 Å². The van der Waals surface area contributed by atoms with Gasteiger partial charge in [0.2, 0.25) is 0 Å². The molecule has 1 heterocycles. The Balaban J connectivity index is 1.91.